The van der Waals surface area contributed by atoms with Gasteiger partial charge in [-0.05, 0) is 12.8 Å². The summed E-state index contributed by atoms with van der Waals surface area (Å²) in [6.07, 6.45) is -4.68. The maximum absolute atomic E-state index is 11.7. The van der Waals surface area contributed by atoms with Gasteiger partial charge in [0.2, 0.25) is 0 Å². The summed E-state index contributed by atoms with van der Waals surface area (Å²) in [6, 6.07) is 0. The number of carboxylic acids is 1. The molecule has 0 saturated carbocycles. The maximum atomic E-state index is 11.7. The minimum Gasteiger partial charge on any atom is -0.481 e. The summed E-state index contributed by atoms with van der Waals surface area (Å²) in [4.78, 5) is 10.9. The van der Waals surface area contributed by atoms with E-state index in [-0.39, 0.29) is 26.1 Å². The van der Waals surface area contributed by atoms with E-state index >= 15 is 0 Å². The molecule has 88 valence electrons. The highest BCUT2D eigenvalue weighted by Gasteiger charge is 2.43. The van der Waals surface area contributed by atoms with Crippen LogP contribution in [0.25, 0.3) is 0 Å². The summed E-state index contributed by atoms with van der Waals surface area (Å²) in [6.45, 7) is -0.443. The molecule has 1 fully saturated rings. The van der Waals surface area contributed by atoms with Crippen LogP contribution in [0.15, 0.2) is 0 Å². The van der Waals surface area contributed by atoms with Crippen LogP contribution in [0.1, 0.15) is 12.8 Å². The molecule has 1 rings (SSSR count). The molecular weight excluding hydrogens is 217 g/mol. The molecule has 15 heavy (non-hydrogen) atoms. The van der Waals surface area contributed by atoms with Crippen LogP contribution in [0, 0.1) is 5.41 Å². The maximum Gasteiger partial charge on any atom is 0.522 e. The first kappa shape index (κ1) is 12.3. The minimum absolute atomic E-state index is 0.0520. The van der Waals surface area contributed by atoms with Crippen LogP contribution in [0.4, 0.5) is 13.2 Å². The van der Waals surface area contributed by atoms with Gasteiger partial charge in [0.25, 0.3) is 0 Å². The van der Waals surface area contributed by atoms with Crippen molar-refractivity contribution in [1.82, 2.24) is 0 Å². The number of alkyl halides is 3. The molecule has 0 aromatic carbocycles. The van der Waals surface area contributed by atoms with Crippen molar-refractivity contribution in [2.45, 2.75) is 19.2 Å². The Morgan fingerprint density at radius 3 is 2.60 bits per heavy atom. The third-order valence-electron chi connectivity index (χ3n) is 2.40. The van der Waals surface area contributed by atoms with Crippen LogP contribution >= 0.6 is 0 Å². The first-order chi connectivity index (χ1) is 6.86. The molecule has 1 saturated heterocycles. The Morgan fingerprint density at radius 2 is 2.20 bits per heavy atom. The molecule has 1 unspecified atom stereocenters. The van der Waals surface area contributed by atoms with E-state index in [9.17, 15) is 18.0 Å². The van der Waals surface area contributed by atoms with Crippen LogP contribution in [-0.2, 0) is 14.3 Å². The number of ether oxygens (including phenoxy) is 2. The number of rotatable bonds is 4. The molecular formula is C8H11F3O4. The lowest BCUT2D eigenvalue weighted by atomic mass is 9.84. The van der Waals surface area contributed by atoms with Gasteiger partial charge in [0.15, 0.2) is 0 Å². The van der Waals surface area contributed by atoms with Gasteiger partial charge >= 0.3 is 12.3 Å². The van der Waals surface area contributed by atoms with Gasteiger partial charge < -0.3 is 9.84 Å². The highest BCUT2D eigenvalue weighted by molar-refractivity contribution is 5.75. The Balaban J connectivity index is 2.43. The van der Waals surface area contributed by atoms with Crippen LogP contribution in [0.2, 0.25) is 0 Å². The molecule has 0 radical (unpaired) electrons. The third-order valence-corrected chi connectivity index (χ3v) is 2.40. The van der Waals surface area contributed by atoms with Gasteiger partial charge in [-0.15, -0.1) is 13.2 Å². The SMILES string of the molecule is O=C(O)C1(CCOC(F)(F)F)CCOC1. The summed E-state index contributed by atoms with van der Waals surface area (Å²) in [5, 5.41) is 8.88. The number of hydrogen-bond acceptors (Lipinski definition) is 3. The van der Waals surface area contributed by atoms with E-state index in [1.807, 2.05) is 0 Å². The van der Waals surface area contributed by atoms with Crippen molar-refractivity contribution >= 4 is 5.97 Å². The van der Waals surface area contributed by atoms with Gasteiger partial charge in [0, 0.05) is 6.61 Å². The Bertz CT molecular complexity index is 233. The first-order valence-corrected chi connectivity index (χ1v) is 4.38. The smallest absolute Gasteiger partial charge is 0.481 e. The zero-order valence-electron chi connectivity index (χ0n) is 7.84. The second-order valence-corrected chi connectivity index (χ2v) is 3.43. The summed E-state index contributed by atoms with van der Waals surface area (Å²) < 4.78 is 43.4. The lowest BCUT2D eigenvalue weighted by Crippen LogP contribution is -2.33. The summed E-state index contributed by atoms with van der Waals surface area (Å²) in [5.41, 5.74) is -1.22. The summed E-state index contributed by atoms with van der Waals surface area (Å²) in [5.74, 6) is -1.13. The molecule has 0 amide bonds. The quantitative estimate of drug-likeness (QED) is 0.790. The fourth-order valence-corrected chi connectivity index (χ4v) is 1.44. The fourth-order valence-electron chi connectivity index (χ4n) is 1.44. The van der Waals surface area contributed by atoms with Gasteiger partial charge in [-0.1, -0.05) is 0 Å². The largest absolute Gasteiger partial charge is 0.522 e. The Hall–Kier alpha value is -0.820. The first-order valence-electron chi connectivity index (χ1n) is 4.38. The molecule has 7 heteroatoms. The molecule has 1 aliphatic rings. The van der Waals surface area contributed by atoms with Gasteiger partial charge in [0.05, 0.1) is 18.6 Å². The van der Waals surface area contributed by atoms with E-state index in [1.165, 1.54) is 0 Å². The zero-order chi connectivity index (χ0) is 11.5. The molecule has 1 atom stereocenters. The molecule has 0 aromatic rings. The van der Waals surface area contributed by atoms with E-state index in [0.717, 1.165) is 0 Å². The third kappa shape index (κ3) is 3.35. The molecule has 1 aliphatic heterocycles. The van der Waals surface area contributed by atoms with Gasteiger partial charge in [0.1, 0.15) is 0 Å². The number of carboxylic acid groups (broad SMARTS) is 1. The standard InChI is InChI=1S/C8H11F3O4/c9-8(10,11)15-4-2-7(6(12)13)1-3-14-5-7/h1-5H2,(H,12,13). The van der Waals surface area contributed by atoms with Crippen LogP contribution in [0.5, 0.6) is 0 Å². The van der Waals surface area contributed by atoms with E-state index in [4.69, 9.17) is 9.84 Å². The number of halogens is 3. The second kappa shape index (κ2) is 4.36. The Labute approximate surface area is 84.0 Å². The number of aliphatic carboxylic acids is 1. The molecule has 4 nitrogen and oxygen atoms in total. The average Bonchev–Trinajstić information content (AvgIpc) is 2.51. The van der Waals surface area contributed by atoms with E-state index < -0.39 is 24.4 Å². The normalized spacial score (nSPS) is 26.9. The molecule has 0 bridgehead atoms. The number of carbonyl (C=O) groups is 1. The second-order valence-electron chi connectivity index (χ2n) is 3.43. The van der Waals surface area contributed by atoms with Gasteiger partial charge in [-0.2, -0.15) is 0 Å². The van der Waals surface area contributed by atoms with Gasteiger partial charge in [-0.25, -0.2) is 0 Å². The molecule has 0 aromatic heterocycles. The van der Waals surface area contributed by atoms with Crippen molar-refractivity contribution in [2.24, 2.45) is 5.41 Å². The van der Waals surface area contributed by atoms with E-state index in [2.05, 4.69) is 4.74 Å². The van der Waals surface area contributed by atoms with Crippen molar-refractivity contribution in [1.29, 1.82) is 0 Å². The highest BCUT2D eigenvalue weighted by atomic mass is 19.4. The predicted octanol–water partition coefficient (Wildman–Crippen LogP) is 1.40. The predicted molar refractivity (Wildman–Crippen MR) is 42.1 cm³/mol. The van der Waals surface area contributed by atoms with E-state index in [1.54, 1.807) is 0 Å². The summed E-state index contributed by atoms with van der Waals surface area (Å²) >= 11 is 0. The van der Waals surface area contributed by atoms with Crippen LogP contribution in [-0.4, -0.2) is 37.3 Å². The highest BCUT2D eigenvalue weighted by Crippen LogP contribution is 2.33. The zero-order valence-corrected chi connectivity index (χ0v) is 7.84. The van der Waals surface area contributed by atoms with Crippen molar-refractivity contribution in [3.05, 3.63) is 0 Å². The Kier molecular flexibility index (Phi) is 3.56. The number of hydrogen-bond donors (Lipinski definition) is 1. The van der Waals surface area contributed by atoms with Crippen molar-refractivity contribution in [3.8, 4) is 0 Å². The van der Waals surface area contributed by atoms with Crippen molar-refractivity contribution in [3.63, 3.8) is 0 Å². The fraction of sp³-hybridized carbons (Fsp3) is 0.875. The van der Waals surface area contributed by atoms with Crippen molar-refractivity contribution < 1.29 is 32.5 Å². The van der Waals surface area contributed by atoms with Crippen LogP contribution < -0.4 is 0 Å². The lowest BCUT2D eigenvalue weighted by Gasteiger charge is -2.21. The van der Waals surface area contributed by atoms with Crippen molar-refractivity contribution in [2.75, 3.05) is 19.8 Å². The Morgan fingerprint density at radius 1 is 1.53 bits per heavy atom. The van der Waals surface area contributed by atoms with Gasteiger partial charge in [-0.3, -0.25) is 9.53 Å². The summed E-state index contributed by atoms with van der Waals surface area (Å²) in [7, 11) is 0. The molecule has 0 aliphatic carbocycles. The van der Waals surface area contributed by atoms with Crippen LogP contribution in [0.3, 0.4) is 0 Å². The monoisotopic (exact) mass is 228 g/mol. The topological polar surface area (TPSA) is 55.8 Å². The molecule has 0 spiro atoms. The average molecular weight is 228 g/mol. The minimum atomic E-state index is -4.71. The lowest BCUT2D eigenvalue weighted by molar-refractivity contribution is -0.326. The van der Waals surface area contributed by atoms with E-state index in [0.29, 0.717) is 0 Å². The molecule has 1 N–H and O–H groups in total. The molecule has 1 heterocycles.